The average Bonchev–Trinajstić information content (AvgIpc) is 2.69. The molecule has 0 unspecified atom stereocenters. The second-order valence-electron chi connectivity index (χ2n) is 6.09. The molecule has 0 saturated heterocycles. The minimum Gasteiger partial charge on any atom is -0.506 e. The zero-order valence-corrected chi connectivity index (χ0v) is 15.7. The minimum absolute atomic E-state index is 0.0844. The first-order valence-corrected chi connectivity index (χ1v) is 8.78. The van der Waals surface area contributed by atoms with E-state index in [1.807, 2.05) is 0 Å². The van der Waals surface area contributed by atoms with Crippen molar-refractivity contribution in [2.75, 3.05) is 6.61 Å². The van der Waals surface area contributed by atoms with Crippen molar-refractivity contribution in [3.8, 4) is 17.6 Å². The number of carbonyl (C=O) groups excluding carboxylic acids is 1. The maximum Gasteiger partial charge on any atom is 0.266 e. The van der Waals surface area contributed by atoms with E-state index in [2.05, 4.69) is 17.2 Å². The topological polar surface area (TPSA) is 91.6 Å². The highest BCUT2D eigenvalue weighted by molar-refractivity contribution is 6.30. The number of phenolic OH excluding ortho intramolecular Hbond substituents is 1. The molecule has 0 saturated carbocycles. The van der Waals surface area contributed by atoms with Crippen LogP contribution < -0.4 is 10.9 Å². The van der Waals surface area contributed by atoms with E-state index in [4.69, 9.17) is 16.7 Å². The van der Waals surface area contributed by atoms with E-state index in [1.165, 1.54) is 16.7 Å². The number of halogens is 1. The fourth-order valence-corrected chi connectivity index (χ4v) is 2.94. The smallest absolute Gasteiger partial charge is 0.266 e. The number of hydrogen-bond acceptors (Lipinski definition) is 4. The van der Waals surface area contributed by atoms with Gasteiger partial charge in [-0.2, -0.15) is 0 Å². The van der Waals surface area contributed by atoms with Crippen LogP contribution in [-0.4, -0.2) is 27.3 Å². The number of carbonyl (C=O) groups is 1. The molecular formula is C21H17ClN2O4. The third kappa shape index (κ3) is 3.86. The number of nitrogens with one attached hydrogen (secondary N) is 1. The molecule has 28 heavy (non-hydrogen) atoms. The van der Waals surface area contributed by atoms with Crippen LogP contribution in [0.5, 0.6) is 5.75 Å². The van der Waals surface area contributed by atoms with Gasteiger partial charge in [-0.3, -0.25) is 9.59 Å². The molecule has 3 N–H and O–H groups in total. The van der Waals surface area contributed by atoms with Gasteiger partial charge in [-0.05, 0) is 35.9 Å². The van der Waals surface area contributed by atoms with Crippen molar-refractivity contribution in [1.29, 1.82) is 0 Å². The number of aliphatic hydroxyl groups is 1. The third-order valence-electron chi connectivity index (χ3n) is 4.29. The monoisotopic (exact) mass is 396 g/mol. The lowest BCUT2D eigenvalue weighted by atomic mass is 10.1. The molecule has 1 amide bonds. The van der Waals surface area contributed by atoms with Crippen molar-refractivity contribution in [2.45, 2.75) is 6.54 Å². The Morgan fingerprint density at radius 3 is 2.61 bits per heavy atom. The molecule has 1 aromatic heterocycles. The molecule has 1 heterocycles. The maximum absolute atomic E-state index is 12.5. The highest BCUT2D eigenvalue weighted by Gasteiger charge is 2.16. The normalized spacial score (nSPS) is 10.4. The van der Waals surface area contributed by atoms with Crippen molar-refractivity contribution < 1.29 is 15.0 Å². The fourth-order valence-electron chi connectivity index (χ4n) is 2.82. The van der Waals surface area contributed by atoms with Crippen LogP contribution in [0.4, 0.5) is 0 Å². The molecule has 7 heteroatoms. The minimum atomic E-state index is -0.453. The molecular weight excluding hydrogens is 380 g/mol. The quantitative estimate of drug-likeness (QED) is 0.592. The summed E-state index contributed by atoms with van der Waals surface area (Å²) in [7, 11) is 1.55. The van der Waals surface area contributed by atoms with Gasteiger partial charge in [0.2, 0.25) is 0 Å². The second-order valence-corrected chi connectivity index (χ2v) is 6.52. The van der Waals surface area contributed by atoms with Crippen LogP contribution in [0, 0.1) is 11.8 Å². The lowest BCUT2D eigenvalue weighted by Gasteiger charge is -2.12. The number of hydrogen-bond donors (Lipinski definition) is 3. The van der Waals surface area contributed by atoms with Crippen LogP contribution in [0.3, 0.4) is 0 Å². The molecule has 0 bridgehead atoms. The van der Waals surface area contributed by atoms with Crippen LogP contribution in [0.2, 0.25) is 5.02 Å². The summed E-state index contributed by atoms with van der Waals surface area (Å²) >= 11 is 5.85. The molecule has 0 aliphatic carbocycles. The summed E-state index contributed by atoms with van der Waals surface area (Å²) in [5.74, 6) is 4.29. The van der Waals surface area contributed by atoms with Crippen molar-refractivity contribution >= 4 is 28.4 Å². The summed E-state index contributed by atoms with van der Waals surface area (Å²) in [6, 6.07) is 11.5. The van der Waals surface area contributed by atoms with Gasteiger partial charge in [0, 0.05) is 24.0 Å². The summed E-state index contributed by atoms with van der Waals surface area (Å²) < 4.78 is 1.34. The Bertz CT molecular complexity index is 1170. The molecule has 0 radical (unpaired) electrons. The Morgan fingerprint density at radius 1 is 1.21 bits per heavy atom. The molecule has 3 aromatic rings. The van der Waals surface area contributed by atoms with Gasteiger partial charge < -0.3 is 20.1 Å². The summed E-state index contributed by atoms with van der Waals surface area (Å²) in [4.78, 5) is 24.8. The zero-order chi connectivity index (χ0) is 20.3. The van der Waals surface area contributed by atoms with Crippen LogP contribution in [0.25, 0.3) is 10.9 Å². The molecule has 0 atom stereocenters. The number of phenols is 1. The first-order chi connectivity index (χ1) is 13.4. The van der Waals surface area contributed by atoms with Crippen LogP contribution in [-0.2, 0) is 13.6 Å². The second kappa shape index (κ2) is 8.17. The first-order valence-electron chi connectivity index (χ1n) is 8.40. The number of aromatic nitrogens is 1. The number of aryl methyl sites for hydroxylation is 1. The number of fused-ring (bicyclic) bond motifs is 1. The predicted octanol–water partition coefficient (Wildman–Crippen LogP) is 2.17. The van der Waals surface area contributed by atoms with Gasteiger partial charge in [0.1, 0.15) is 12.4 Å². The molecule has 0 fully saturated rings. The standard InChI is InChI=1S/C21H17ClN2O4/c1-24-18-9-8-16(20(27)23-12-13-4-6-15(22)7-5-13)19(26)17(18)11-14(21(24)28)3-2-10-25/h4-9,11,25-26H,10,12H2,1H3,(H,23,27). The van der Waals surface area contributed by atoms with Crippen LogP contribution in [0.15, 0.2) is 47.3 Å². The van der Waals surface area contributed by atoms with Crippen molar-refractivity contribution in [2.24, 2.45) is 7.05 Å². The number of aromatic hydroxyl groups is 1. The Kier molecular flexibility index (Phi) is 5.69. The summed E-state index contributed by atoms with van der Waals surface area (Å²) in [5, 5.41) is 23.1. The van der Waals surface area contributed by atoms with Crippen molar-refractivity contribution in [3.05, 3.63) is 74.5 Å². The van der Waals surface area contributed by atoms with Crippen LogP contribution >= 0.6 is 11.6 Å². The van der Waals surface area contributed by atoms with E-state index in [1.54, 1.807) is 37.4 Å². The Hall–Kier alpha value is -3.27. The van der Waals surface area contributed by atoms with Crippen molar-refractivity contribution in [1.82, 2.24) is 9.88 Å². The van der Waals surface area contributed by atoms with Gasteiger partial charge in [-0.1, -0.05) is 35.6 Å². The molecule has 0 aliphatic rings. The lowest BCUT2D eigenvalue weighted by molar-refractivity contribution is 0.0948. The summed E-state index contributed by atoms with van der Waals surface area (Å²) in [6.07, 6.45) is 0. The Morgan fingerprint density at radius 2 is 1.93 bits per heavy atom. The lowest BCUT2D eigenvalue weighted by Crippen LogP contribution is -2.23. The first kappa shape index (κ1) is 19.5. The third-order valence-corrected chi connectivity index (χ3v) is 4.54. The average molecular weight is 397 g/mol. The summed E-state index contributed by atoms with van der Waals surface area (Å²) in [5.41, 5.74) is 1.18. The number of nitrogens with zero attached hydrogens (tertiary/aromatic N) is 1. The van der Waals surface area contributed by atoms with Gasteiger partial charge in [0.25, 0.3) is 11.5 Å². The largest absolute Gasteiger partial charge is 0.506 e. The van der Waals surface area contributed by atoms with E-state index < -0.39 is 5.91 Å². The van der Waals surface area contributed by atoms with Crippen LogP contribution in [0.1, 0.15) is 21.5 Å². The molecule has 3 rings (SSSR count). The number of aliphatic hydroxyl groups excluding tert-OH is 1. The maximum atomic E-state index is 12.5. The van der Waals surface area contributed by atoms with E-state index in [9.17, 15) is 14.7 Å². The number of benzene rings is 2. The van der Waals surface area contributed by atoms with Gasteiger partial charge in [-0.25, -0.2) is 0 Å². The Labute approximate surface area is 166 Å². The van der Waals surface area contributed by atoms with E-state index >= 15 is 0 Å². The van der Waals surface area contributed by atoms with Gasteiger partial charge in [0.05, 0.1) is 16.6 Å². The molecule has 142 valence electrons. The zero-order valence-electron chi connectivity index (χ0n) is 15.0. The predicted molar refractivity (Wildman–Crippen MR) is 107 cm³/mol. The molecule has 0 aliphatic heterocycles. The van der Waals surface area contributed by atoms with Crippen molar-refractivity contribution in [3.63, 3.8) is 0 Å². The van der Waals surface area contributed by atoms with Gasteiger partial charge in [0.15, 0.2) is 0 Å². The molecule has 6 nitrogen and oxygen atoms in total. The molecule has 2 aromatic carbocycles. The highest BCUT2D eigenvalue weighted by Crippen LogP contribution is 2.28. The summed E-state index contributed by atoms with van der Waals surface area (Å²) in [6.45, 7) is -0.117. The Balaban J connectivity index is 1.96. The van der Waals surface area contributed by atoms with Gasteiger partial charge >= 0.3 is 0 Å². The molecule has 0 spiro atoms. The SMILES string of the molecule is Cn1c(=O)c(C#CCO)cc2c(O)c(C(=O)NCc3ccc(Cl)cc3)ccc21. The van der Waals surface area contributed by atoms with E-state index in [0.29, 0.717) is 15.9 Å². The number of pyridine rings is 1. The number of amides is 1. The van der Waals surface area contributed by atoms with E-state index in [-0.39, 0.29) is 35.6 Å². The fraction of sp³-hybridized carbons (Fsp3) is 0.143. The highest BCUT2D eigenvalue weighted by atomic mass is 35.5. The number of rotatable bonds is 3. The van der Waals surface area contributed by atoms with Gasteiger partial charge in [-0.15, -0.1) is 0 Å². The van der Waals surface area contributed by atoms with E-state index in [0.717, 1.165) is 5.56 Å².